The van der Waals surface area contributed by atoms with E-state index in [1.807, 2.05) is 0 Å². The zero-order valence-electron chi connectivity index (χ0n) is 15.8. The molecule has 6 nitrogen and oxygen atoms in total. The third kappa shape index (κ3) is 4.73. The number of aromatic nitrogens is 3. The Bertz CT molecular complexity index is 1160. The Kier molecular flexibility index (Phi) is 5.70. The molecule has 0 fully saturated rings. The molecule has 0 spiro atoms. The molecule has 2 aromatic heterocycles. The zero-order valence-corrected chi connectivity index (χ0v) is 15.8. The molecule has 1 atom stereocenters. The van der Waals surface area contributed by atoms with E-state index in [2.05, 4.69) is 19.9 Å². The van der Waals surface area contributed by atoms with E-state index in [0.29, 0.717) is 22.4 Å². The fraction of sp³-hybridized carbons (Fsp3) is 0.190. The fourth-order valence-corrected chi connectivity index (χ4v) is 2.86. The minimum Gasteiger partial charge on any atom is -0.467 e. The van der Waals surface area contributed by atoms with E-state index >= 15 is 0 Å². The average Bonchev–Trinajstić information content (AvgIpc) is 3.09. The standard InChI is InChI=1S/C21H15F4N3O3/c22-12-21(24,25)30-14-3-5-15(17(23)6-4-14)13-2-7-18-16(10-13)20(28-31-18)29-11-19-26-8-1-9-27-19/h1-10,17H,11-12H2. The normalized spacial score (nSPS) is 16.6. The van der Waals surface area contributed by atoms with Gasteiger partial charge >= 0.3 is 6.11 Å². The first-order chi connectivity index (χ1) is 14.9. The van der Waals surface area contributed by atoms with Crippen LogP contribution < -0.4 is 4.74 Å². The van der Waals surface area contributed by atoms with Crippen LogP contribution in [0.3, 0.4) is 0 Å². The van der Waals surface area contributed by atoms with Crippen LogP contribution in [-0.2, 0) is 11.3 Å². The van der Waals surface area contributed by atoms with Crippen molar-refractivity contribution < 1.29 is 31.6 Å². The molecule has 0 saturated heterocycles. The maximum absolute atomic E-state index is 14.7. The molecule has 1 unspecified atom stereocenters. The first-order valence-electron chi connectivity index (χ1n) is 9.10. The number of hydrogen-bond donors (Lipinski definition) is 0. The Morgan fingerprint density at radius 2 is 1.94 bits per heavy atom. The highest BCUT2D eigenvalue weighted by molar-refractivity contribution is 5.87. The predicted octanol–water partition coefficient (Wildman–Crippen LogP) is 4.95. The molecular formula is C21H15F4N3O3. The van der Waals surface area contributed by atoms with Crippen LogP contribution in [0.1, 0.15) is 11.4 Å². The number of alkyl halides is 4. The van der Waals surface area contributed by atoms with Crippen LogP contribution in [0, 0.1) is 0 Å². The second-order valence-corrected chi connectivity index (χ2v) is 6.48. The molecule has 0 aliphatic heterocycles. The highest BCUT2D eigenvalue weighted by atomic mass is 19.3. The van der Waals surface area contributed by atoms with E-state index in [1.54, 1.807) is 36.7 Å². The fourth-order valence-electron chi connectivity index (χ4n) is 2.86. The van der Waals surface area contributed by atoms with Crippen LogP contribution in [0.2, 0.25) is 0 Å². The summed E-state index contributed by atoms with van der Waals surface area (Å²) in [6, 6.07) is 6.46. The van der Waals surface area contributed by atoms with Gasteiger partial charge in [0.05, 0.1) is 5.39 Å². The maximum atomic E-state index is 14.7. The monoisotopic (exact) mass is 433 g/mol. The van der Waals surface area contributed by atoms with Crippen molar-refractivity contribution in [1.29, 1.82) is 0 Å². The van der Waals surface area contributed by atoms with Crippen molar-refractivity contribution in [2.75, 3.05) is 6.67 Å². The summed E-state index contributed by atoms with van der Waals surface area (Å²) in [6.07, 6.45) is 2.07. The second-order valence-electron chi connectivity index (χ2n) is 6.48. The van der Waals surface area contributed by atoms with E-state index in [0.717, 1.165) is 18.2 Å². The van der Waals surface area contributed by atoms with Gasteiger partial charge in [-0.2, -0.15) is 8.78 Å². The van der Waals surface area contributed by atoms with Crippen molar-refractivity contribution in [3.8, 4) is 5.88 Å². The summed E-state index contributed by atoms with van der Waals surface area (Å²) in [7, 11) is 0. The van der Waals surface area contributed by atoms with Crippen LogP contribution >= 0.6 is 0 Å². The van der Waals surface area contributed by atoms with Crippen molar-refractivity contribution in [1.82, 2.24) is 15.1 Å². The summed E-state index contributed by atoms with van der Waals surface area (Å²) in [4.78, 5) is 8.10. The number of halogens is 4. The van der Waals surface area contributed by atoms with Crippen LogP contribution in [0.15, 0.2) is 71.2 Å². The van der Waals surface area contributed by atoms with E-state index in [9.17, 15) is 17.6 Å². The van der Waals surface area contributed by atoms with Gasteiger partial charge in [0, 0.05) is 12.4 Å². The molecule has 2 heterocycles. The Morgan fingerprint density at radius 3 is 2.71 bits per heavy atom. The number of fused-ring (bicyclic) bond motifs is 1. The number of ether oxygens (including phenoxy) is 2. The molecule has 1 aliphatic rings. The first kappa shape index (κ1) is 20.6. The van der Waals surface area contributed by atoms with Gasteiger partial charge in [0.1, 0.15) is 18.5 Å². The highest BCUT2D eigenvalue weighted by Crippen LogP contribution is 2.32. The molecule has 1 aromatic carbocycles. The first-order valence-corrected chi connectivity index (χ1v) is 9.10. The van der Waals surface area contributed by atoms with E-state index in [4.69, 9.17) is 9.26 Å². The lowest BCUT2D eigenvalue weighted by atomic mass is 10.00. The van der Waals surface area contributed by atoms with Crippen molar-refractivity contribution in [2.24, 2.45) is 0 Å². The highest BCUT2D eigenvalue weighted by Gasteiger charge is 2.32. The Hall–Kier alpha value is -3.69. The topological polar surface area (TPSA) is 70.3 Å². The number of benzene rings is 1. The molecule has 31 heavy (non-hydrogen) atoms. The van der Waals surface area contributed by atoms with E-state index in [1.165, 1.54) is 6.08 Å². The van der Waals surface area contributed by atoms with E-state index in [-0.39, 0.29) is 23.8 Å². The minimum atomic E-state index is -3.99. The van der Waals surface area contributed by atoms with E-state index < -0.39 is 19.0 Å². The lowest BCUT2D eigenvalue weighted by Gasteiger charge is -2.14. The second kappa shape index (κ2) is 8.58. The molecule has 0 saturated carbocycles. The third-order valence-electron chi connectivity index (χ3n) is 4.30. The molecular weight excluding hydrogens is 418 g/mol. The van der Waals surface area contributed by atoms with Crippen LogP contribution in [0.4, 0.5) is 17.6 Å². The van der Waals surface area contributed by atoms with Gasteiger partial charge in [0.25, 0.3) is 5.88 Å². The van der Waals surface area contributed by atoms with Gasteiger partial charge in [-0.25, -0.2) is 18.7 Å². The Labute approximate surface area is 173 Å². The number of allylic oxidation sites excluding steroid dienone is 5. The van der Waals surface area contributed by atoms with Crippen molar-refractivity contribution in [2.45, 2.75) is 18.9 Å². The zero-order chi connectivity index (χ0) is 21.8. The summed E-state index contributed by atoms with van der Waals surface area (Å²) in [5, 5.41) is 4.35. The molecule has 0 bridgehead atoms. The van der Waals surface area contributed by atoms with Crippen LogP contribution in [0.25, 0.3) is 16.5 Å². The molecule has 0 N–H and O–H groups in total. The van der Waals surface area contributed by atoms with Crippen LogP contribution in [-0.4, -0.2) is 34.1 Å². The summed E-state index contributed by atoms with van der Waals surface area (Å²) in [5.74, 6) is 0.253. The molecule has 0 amide bonds. The van der Waals surface area contributed by atoms with Crippen molar-refractivity contribution in [3.63, 3.8) is 0 Å². The number of nitrogens with zero attached hydrogens (tertiary/aromatic N) is 3. The Balaban J connectivity index is 1.60. The average molecular weight is 433 g/mol. The van der Waals surface area contributed by atoms with Gasteiger partial charge in [-0.1, -0.05) is 12.1 Å². The Morgan fingerprint density at radius 1 is 1.13 bits per heavy atom. The van der Waals surface area contributed by atoms with Gasteiger partial charge in [-0.15, -0.1) is 0 Å². The maximum Gasteiger partial charge on any atom is 0.427 e. The lowest BCUT2D eigenvalue weighted by molar-refractivity contribution is -0.219. The summed E-state index contributed by atoms with van der Waals surface area (Å²) >= 11 is 0. The van der Waals surface area contributed by atoms with Gasteiger partial charge in [0.2, 0.25) is 0 Å². The molecule has 1 aliphatic carbocycles. The van der Waals surface area contributed by atoms with Crippen LogP contribution in [0.5, 0.6) is 5.88 Å². The smallest absolute Gasteiger partial charge is 0.427 e. The van der Waals surface area contributed by atoms with Crippen molar-refractivity contribution >= 4 is 16.5 Å². The SMILES string of the molecule is FCC(F)(F)OC1=CC=C(c2ccc3onc(OCc4ncccn4)c3c2)C(F)C=C1. The number of rotatable bonds is 7. The molecule has 10 heteroatoms. The van der Waals surface area contributed by atoms with Gasteiger partial charge < -0.3 is 14.0 Å². The summed E-state index contributed by atoms with van der Waals surface area (Å²) in [5.41, 5.74) is 1.04. The quantitative estimate of drug-likeness (QED) is 0.491. The molecule has 4 rings (SSSR count). The third-order valence-corrected chi connectivity index (χ3v) is 4.30. The molecule has 160 valence electrons. The van der Waals surface area contributed by atoms with Gasteiger partial charge in [-0.3, -0.25) is 0 Å². The largest absolute Gasteiger partial charge is 0.467 e. The molecule has 0 radical (unpaired) electrons. The minimum absolute atomic E-state index is 0.0517. The van der Waals surface area contributed by atoms with Crippen molar-refractivity contribution in [3.05, 3.63) is 78.1 Å². The lowest BCUT2D eigenvalue weighted by Crippen LogP contribution is -2.22. The van der Waals surface area contributed by atoms with Gasteiger partial charge in [0.15, 0.2) is 18.1 Å². The molecule has 3 aromatic rings. The predicted molar refractivity (Wildman–Crippen MR) is 102 cm³/mol. The summed E-state index contributed by atoms with van der Waals surface area (Å²) < 4.78 is 68.4. The van der Waals surface area contributed by atoms with Gasteiger partial charge in [-0.05, 0) is 52.7 Å². The summed E-state index contributed by atoms with van der Waals surface area (Å²) in [6.45, 7) is -1.94. The number of hydrogen-bond acceptors (Lipinski definition) is 6.